The minimum atomic E-state index is 0.660. The molecule has 0 aliphatic heterocycles. The number of guanidine groups is 1. The summed E-state index contributed by atoms with van der Waals surface area (Å²) in [5.74, 6) is 0.660. The SMILES string of the molecule is CCCN=C(N)N(CC)Cc1cccs1. The number of hydrogen-bond donors (Lipinski definition) is 1. The summed E-state index contributed by atoms with van der Waals surface area (Å²) in [6, 6.07) is 4.19. The summed E-state index contributed by atoms with van der Waals surface area (Å²) in [6.07, 6.45) is 1.04. The smallest absolute Gasteiger partial charge is 0.191 e. The molecule has 0 aromatic carbocycles. The Balaban J connectivity index is 2.55. The Labute approximate surface area is 95.6 Å². The van der Waals surface area contributed by atoms with Crippen LogP contribution in [0.2, 0.25) is 0 Å². The van der Waals surface area contributed by atoms with E-state index in [0.29, 0.717) is 5.96 Å². The molecule has 1 rings (SSSR count). The average molecular weight is 225 g/mol. The van der Waals surface area contributed by atoms with Gasteiger partial charge in [-0.05, 0) is 24.8 Å². The van der Waals surface area contributed by atoms with E-state index in [-0.39, 0.29) is 0 Å². The molecule has 1 aromatic rings. The van der Waals surface area contributed by atoms with E-state index in [0.717, 1.165) is 26.1 Å². The largest absolute Gasteiger partial charge is 0.370 e. The fourth-order valence-corrected chi connectivity index (χ4v) is 1.99. The van der Waals surface area contributed by atoms with Gasteiger partial charge in [0.1, 0.15) is 0 Å². The molecular formula is C11H19N3S. The number of nitrogens with two attached hydrogens (primary N) is 1. The van der Waals surface area contributed by atoms with E-state index >= 15 is 0 Å². The quantitative estimate of drug-likeness (QED) is 0.617. The molecule has 0 amide bonds. The summed E-state index contributed by atoms with van der Waals surface area (Å²) >= 11 is 1.76. The van der Waals surface area contributed by atoms with Crippen LogP contribution in [-0.2, 0) is 6.54 Å². The van der Waals surface area contributed by atoms with E-state index in [1.165, 1.54) is 4.88 Å². The second-order valence-electron chi connectivity index (χ2n) is 3.33. The molecule has 4 heteroatoms. The molecule has 0 radical (unpaired) electrons. The molecule has 0 atom stereocenters. The first-order valence-corrected chi connectivity index (χ1v) is 6.23. The lowest BCUT2D eigenvalue weighted by Gasteiger charge is -2.20. The zero-order valence-corrected chi connectivity index (χ0v) is 10.3. The molecular weight excluding hydrogens is 206 g/mol. The highest BCUT2D eigenvalue weighted by atomic mass is 32.1. The van der Waals surface area contributed by atoms with Crippen LogP contribution in [0.15, 0.2) is 22.5 Å². The Morgan fingerprint density at radius 2 is 2.33 bits per heavy atom. The minimum absolute atomic E-state index is 0.660. The van der Waals surface area contributed by atoms with Crippen molar-refractivity contribution in [2.45, 2.75) is 26.8 Å². The number of rotatable bonds is 5. The fraction of sp³-hybridized carbons (Fsp3) is 0.545. The van der Waals surface area contributed by atoms with Crippen LogP contribution in [0, 0.1) is 0 Å². The summed E-state index contributed by atoms with van der Waals surface area (Å²) in [5.41, 5.74) is 5.91. The molecule has 3 nitrogen and oxygen atoms in total. The van der Waals surface area contributed by atoms with E-state index in [2.05, 4.69) is 41.3 Å². The number of hydrogen-bond acceptors (Lipinski definition) is 2. The topological polar surface area (TPSA) is 41.6 Å². The van der Waals surface area contributed by atoms with E-state index in [1.807, 2.05) is 0 Å². The van der Waals surface area contributed by atoms with Gasteiger partial charge in [0.25, 0.3) is 0 Å². The van der Waals surface area contributed by atoms with Crippen LogP contribution in [-0.4, -0.2) is 23.9 Å². The van der Waals surface area contributed by atoms with Gasteiger partial charge in [-0.1, -0.05) is 13.0 Å². The normalized spacial score (nSPS) is 11.7. The highest BCUT2D eigenvalue weighted by Crippen LogP contribution is 2.11. The van der Waals surface area contributed by atoms with Crippen molar-refractivity contribution in [1.29, 1.82) is 0 Å². The first-order valence-electron chi connectivity index (χ1n) is 5.35. The van der Waals surface area contributed by atoms with Crippen LogP contribution >= 0.6 is 11.3 Å². The molecule has 0 aliphatic rings. The standard InChI is InChI=1S/C11H19N3S/c1-3-7-13-11(12)14(4-2)9-10-6-5-8-15-10/h5-6,8H,3-4,7,9H2,1-2H3,(H2,12,13). The summed E-state index contributed by atoms with van der Waals surface area (Å²) in [4.78, 5) is 7.74. The molecule has 1 aromatic heterocycles. The van der Waals surface area contributed by atoms with Gasteiger partial charge in [0.2, 0.25) is 0 Å². The van der Waals surface area contributed by atoms with E-state index < -0.39 is 0 Å². The number of aliphatic imine (C=N–C) groups is 1. The zero-order valence-electron chi connectivity index (χ0n) is 9.44. The van der Waals surface area contributed by atoms with Gasteiger partial charge in [0, 0.05) is 18.0 Å². The van der Waals surface area contributed by atoms with Crippen molar-refractivity contribution in [2.75, 3.05) is 13.1 Å². The molecule has 0 aliphatic carbocycles. The Morgan fingerprint density at radius 3 is 2.87 bits per heavy atom. The first-order chi connectivity index (χ1) is 7.27. The van der Waals surface area contributed by atoms with Gasteiger partial charge in [-0.15, -0.1) is 11.3 Å². The molecule has 2 N–H and O–H groups in total. The monoisotopic (exact) mass is 225 g/mol. The molecule has 0 saturated heterocycles. The second-order valence-corrected chi connectivity index (χ2v) is 4.37. The molecule has 0 bridgehead atoms. The van der Waals surface area contributed by atoms with Gasteiger partial charge in [-0.25, -0.2) is 0 Å². The van der Waals surface area contributed by atoms with E-state index in [4.69, 9.17) is 5.73 Å². The second kappa shape index (κ2) is 6.45. The third kappa shape index (κ3) is 3.91. The van der Waals surface area contributed by atoms with Crippen LogP contribution in [0.1, 0.15) is 25.1 Å². The van der Waals surface area contributed by atoms with E-state index in [1.54, 1.807) is 11.3 Å². The molecule has 15 heavy (non-hydrogen) atoms. The molecule has 0 saturated carbocycles. The molecule has 1 heterocycles. The maximum absolute atomic E-state index is 5.91. The van der Waals surface area contributed by atoms with Crippen LogP contribution in [0.25, 0.3) is 0 Å². The van der Waals surface area contributed by atoms with Gasteiger partial charge in [0.05, 0.1) is 6.54 Å². The maximum atomic E-state index is 5.91. The third-order valence-corrected chi connectivity index (χ3v) is 2.99. The van der Waals surface area contributed by atoms with Crippen molar-refractivity contribution >= 4 is 17.3 Å². The summed E-state index contributed by atoms with van der Waals surface area (Å²) in [7, 11) is 0. The summed E-state index contributed by atoms with van der Waals surface area (Å²) < 4.78 is 0. The van der Waals surface area contributed by atoms with E-state index in [9.17, 15) is 0 Å². The summed E-state index contributed by atoms with van der Waals surface area (Å²) in [6.45, 7) is 6.78. The van der Waals surface area contributed by atoms with Crippen LogP contribution in [0.5, 0.6) is 0 Å². The highest BCUT2D eigenvalue weighted by molar-refractivity contribution is 7.09. The number of nitrogens with zero attached hydrogens (tertiary/aromatic N) is 2. The molecule has 84 valence electrons. The predicted octanol–water partition coefficient (Wildman–Crippen LogP) is 2.29. The van der Waals surface area contributed by atoms with Crippen molar-refractivity contribution in [3.63, 3.8) is 0 Å². The highest BCUT2D eigenvalue weighted by Gasteiger charge is 2.06. The summed E-state index contributed by atoms with van der Waals surface area (Å²) in [5, 5.41) is 2.09. The van der Waals surface area contributed by atoms with Gasteiger partial charge >= 0.3 is 0 Å². The lowest BCUT2D eigenvalue weighted by molar-refractivity contribution is 0.432. The molecule has 0 spiro atoms. The lowest BCUT2D eigenvalue weighted by Crippen LogP contribution is -2.36. The van der Waals surface area contributed by atoms with Gasteiger partial charge in [-0.3, -0.25) is 4.99 Å². The van der Waals surface area contributed by atoms with Crippen LogP contribution in [0.3, 0.4) is 0 Å². The van der Waals surface area contributed by atoms with Crippen molar-refractivity contribution < 1.29 is 0 Å². The van der Waals surface area contributed by atoms with Crippen molar-refractivity contribution in [3.05, 3.63) is 22.4 Å². The maximum Gasteiger partial charge on any atom is 0.191 e. The Bertz CT molecular complexity index is 293. The number of thiophene rings is 1. The minimum Gasteiger partial charge on any atom is -0.370 e. The van der Waals surface area contributed by atoms with Gasteiger partial charge in [0.15, 0.2) is 5.96 Å². The van der Waals surface area contributed by atoms with Gasteiger partial charge in [-0.2, -0.15) is 0 Å². The van der Waals surface area contributed by atoms with Crippen molar-refractivity contribution in [2.24, 2.45) is 10.7 Å². The first kappa shape index (κ1) is 12.0. The lowest BCUT2D eigenvalue weighted by atomic mass is 10.4. The Morgan fingerprint density at radius 1 is 1.53 bits per heavy atom. The average Bonchev–Trinajstić information content (AvgIpc) is 2.75. The van der Waals surface area contributed by atoms with Gasteiger partial charge < -0.3 is 10.6 Å². The Hall–Kier alpha value is -1.03. The van der Waals surface area contributed by atoms with Crippen LogP contribution in [0.4, 0.5) is 0 Å². The Kier molecular flexibility index (Phi) is 5.18. The van der Waals surface area contributed by atoms with Crippen LogP contribution < -0.4 is 5.73 Å². The molecule has 0 unspecified atom stereocenters. The van der Waals surface area contributed by atoms with Crippen molar-refractivity contribution in [3.8, 4) is 0 Å². The fourth-order valence-electron chi connectivity index (χ4n) is 1.27. The molecule has 0 fully saturated rings. The zero-order chi connectivity index (χ0) is 11.1. The van der Waals surface area contributed by atoms with Crippen molar-refractivity contribution in [1.82, 2.24) is 4.90 Å². The third-order valence-electron chi connectivity index (χ3n) is 2.13. The predicted molar refractivity (Wildman–Crippen MR) is 67.2 cm³/mol.